The van der Waals surface area contributed by atoms with Crippen molar-refractivity contribution in [2.45, 2.75) is 25.7 Å². The number of anilines is 1. The number of nitrogen functional groups attached to an aromatic ring is 1. The Kier molecular flexibility index (Phi) is 1.38. The zero-order valence-electron chi connectivity index (χ0n) is 6.80. The van der Waals surface area contributed by atoms with Gasteiger partial charge in [-0.25, -0.2) is 0 Å². The van der Waals surface area contributed by atoms with Crippen molar-refractivity contribution in [3.05, 3.63) is 29.3 Å². The van der Waals surface area contributed by atoms with E-state index in [0.717, 1.165) is 11.6 Å². The van der Waals surface area contributed by atoms with E-state index in [1.807, 2.05) is 6.92 Å². The standard InChI is InChI=1S/C10H13N/c1-7-2-3-9(6-10(7)11)8-4-5-8/h2-3,6,8H,4-5,11H2,1H3. The molecular weight excluding hydrogens is 134 g/mol. The van der Waals surface area contributed by atoms with Crippen LogP contribution in [-0.4, -0.2) is 0 Å². The fourth-order valence-electron chi connectivity index (χ4n) is 1.33. The lowest BCUT2D eigenvalue weighted by atomic mass is 10.1. The van der Waals surface area contributed by atoms with Crippen molar-refractivity contribution < 1.29 is 0 Å². The van der Waals surface area contributed by atoms with E-state index in [9.17, 15) is 0 Å². The molecule has 0 aliphatic heterocycles. The summed E-state index contributed by atoms with van der Waals surface area (Å²) in [5.74, 6) is 0.817. The average molecular weight is 147 g/mol. The van der Waals surface area contributed by atoms with E-state index >= 15 is 0 Å². The lowest BCUT2D eigenvalue weighted by Gasteiger charge is -2.02. The van der Waals surface area contributed by atoms with E-state index in [-0.39, 0.29) is 0 Å². The monoisotopic (exact) mass is 147 g/mol. The molecule has 0 heterocycles. The smallest absolute Gasteiger partial charge is 0.0346 e. The third-order valence-electron chi connectivity index (χ3n) is 2.35. The first-order valence-electron chi connectivity index (χ1n) is 4.13. The van der Waals surface area contributed by atoms with Crippen molar-refractivity contribution in [3.8, 4) is 0 Å². The van der Waals surface area contributed by atoms with Crippen LogP contribution < -0.4 is 5.73 Å². The maximum Gasteiger partial charge on any atom is 0.0346 e. The van der Waals surface area contributed by atoms with Gasteiger partial charge in [0.2, 0.25) is 0 Å². The fraction of sp³-hybridized carbons (Fsp3) is 0.400. The molecule has 58 valence electrons. The molecule has 1 nitrogen and oxygen atoms in total. The van der Waals surface area contributed by atoms with Gasteiger partial charge in [0.25, 0.3) is 0 Å². The third-order valence-corrected chi connectivity index (χ3v) is 2.35. The SMILES string of the molecule is Cc1ccc(C2CC2)cc1N. The number of rotatable bonds is 1. The normalized spacial score (nSPS) is 16.8. The summed E-state index contributed by atoms with van der Waals surface area (Å²) in [4.78, 5) is 0. The van der Waals surface area contributed by atoms with E-state index < -0.39 is 0 Å². The molecule has 0 atom stereocenters. The molecule has 0 saturated heterocycles. The minimum Gasteiger partial charge on any atom is -0.399 e. The second-order valence-electron chi connectivity index (χ2n) is 3.39. The van der Waals surface area contributed by atoms with E-state index in [0.29, 0.717) is 0 Å². The van der Waals surface area contributed by atoms with Gasteiger partial charge in [0.15, 0.2) is 0 Å². The Labute approximate surface area is 67.2 Å². The zero-order valence-corrected chi connectivity index (χ0v) is 6.80. The minimum atomic E-state index is 0.817. The first kappa shape index (κ1) is 6.71. The van der Waals surface area contributed by atoms with Gasteiger partial charge in [-0.05, 0) is 42.9 Å². The quantitative estimate of drug-likeness (QED) is 0.607. The third kappa shape index (κ3) is 1.23. The van der Waals surface area contributed by atoms with Crippen LogP contribution in [0.2, 0.25) is 0 Å². The van der Waals surface area contributed by atoms with Gasteiger partial charge in [-0.1, -0.05) is 12.1 Å². The van der Waals surface area contributed by atoms with Crippen LogP contribution in [0.3, 0.4) is 0 Å². The van der Waals surface area contributed by atoms with Gasteiger partial charge in [0, 0.05) is 5.69 Å². The minimum absolute atomic E-state index is 0.817. The molecule has 11 heavy (non-hydrogen) atoms. The van der Waals surface area contributed by atoms with Gasteiger partial charge in [-0.3, -0.25) is 0 Å². The Morgan fingerprint density at radius 3 is 2.64 bits per heavy atom. The highest BCUT2D eigenvalue weighted by molar-refractivity contribution is 5.49. The van der Waals surface area contributed by atoms with Crippen molar-refractivity contribution in [3.63, 3.8) is 0 Å². The highest BCUT2D eigenvalue weighted by Crippen LogP contribution is 2.40. The molecule has 2 N–H and O–H groups in total. The topological polar surface area (TPSA) is 26.0 Å². The van der Waals surface area contributed by atoms with Crippen molar-refractivity contribution in [1.82, 2.24) is 0 Å². The van der Waals surface area contributed by atoms with Crippen LogP contribution in [0.15, 0.2) is 18.2 Å². The molecule has 0 radical (unpaired) electrons. The average Bonchev–Trinajstić information content (AvgIpc) is 2.77. The van der Waals surface area contributed by atoms with Crippen LogP contribution in [0.1, 0.15) is 29.9 Å². The summed E-state index contributed by atoms with van der Waals surface area (Å²) in [7, 11) is 0. The number of aryl methyl sites for hydroxylation is 1. The largest absolute Gasteiger partial charge is 0.399 e. The van der Waals surface area contributed by atoms with Crippen LogP contribution in [0.5, 0.6) is 0 Å². The van der Waals surface area contributed by atoms with Gasteiger partial charge in [-0.15, -0.1) is 0 Å². The summed E-state index contributed by atoms with van der Waals surface area (Å²) in [5, 5.41) is 0. The van der Waals surface area contributed by atoms with Gasteiger partial charge in [-0.2, -0.15) is 0 Å². The van der Waals surface area contributed by atoms with Crippen LogP contribution >= 0.6 is 0 Å². The lowest BCUT2D eigenvalue weighted by molar-refractivity contribution is 1.13. The molecule has 0 spiro atoms. The molecule has 1 aromatic carbocycles. The molecule has 0 amide bonds. The predicted molar refractivity (Wildman–Crippen MR) is 47.6 cm³/mol. The van der Waals surface area contributed by atoms with E-state index in [1.54, 1.807) is 0 Å². The Hall–Kier alpha value is -0.980. The zero-order chi connectivity index (χ0) is 7.84. The van der Waals surface area contributed by atoms with Crippen LogP contribution in [-0.2, 0) is 0 Å². The molecule has 1 aromatic rings. The highest BCUT2D eigenvalue weighted by atomic mass is 14.6. The van der Waals surface area contributed by atoms with Gasteiger partial charge in [0.05, 0.1) is 0 Å². The van der Waals surface area contributed by atoms with Crippen molar-refractivity contribution in [1.29, 1.82) is 0 Å². The Morgan fingerprint density at radius 2 is 2.09 bits per heavy atom. The van der Waals surface area contributed by atoms with Gasteiger partial charge in [0.1, 0.15) is 0 Å². The molecule has 0 unspecified atom stereocenters. The molecule has 1 heteroatoms. The van der Waals surface area contributed by atoms with Crippen LogP contribution in [0, 0.1) is 6.92 Å². The Bertz CT molecular complexity index is 274. The van der Waals surface area contributed by atoms with E-state index in [1.165, 1.54) is 24.0 Å². The maximum atomic E-state index is 5.79. The molecule has 0 aromatic heterocycles. The summed E-state index contributed by atoms with van der Waals surface area (Å²) in [6, 6.07) is 6.43. The summed E-state index contributed by atoms with van der Waals surface area (Å²) in [6.45, 7) is 2.05. The second-order valence-corrected chi connectivity index (χ2v) is 3.39. The summed E-state index contributed by atoms with van der Waals surface area (Å²) in [5.41, 5.74) is 9.34. The molecule has 2 rings (SSSR count). The highest BCUT2D eigenvalue weighted by Gasteiger charge is 2.23. The number of benzene rings is 1. The first-order chi connectivity index (χ1) is 5.27. The van der Waals surface area contributed by atoms with Gasteiger partial charge < -0.3 is 5.73 Å². The second kappa shape index (κ2) is 2.26. The molecule has 1 fully saturated rings. The molecule has 1 aliphatic carbocycles. The van der Waals surface area contributed by atoms with E-state index in [4.69, 9.17) is 5.73 Å². The number of nitrogens with two attached hydrogens (primary N) is 1. The molecule has 0 bridgehead atoms. The van der Waals surface area contributed by atoms with Crippen LogP contribution in [0.25, 0.3) is 0 Å². The fourth-order valence-corrected chi connectivity index (χ4v) is 1.33. The van der Waals surface area contributed by atoms with Crippen molar-refractivity contribution in [2.75, 3.05) is 5.73 Å². The summed E-state index contributed by atoms with van der Waals surface area (Å²) >= 11 is 0. The first-order valence-corrected chi connectivity index (χ1v) is 4.13. The van der Waals surface area contributed by atoms with Crippen molar-refractivity contribution >= 4 is 5.69 Å². The molecule has 1 saturated carbocycles. The van der Waals surface area contributed by atoms with Gasteiger partial charge >= 0.3 is 0 Å². The Balaban J connectivity index is 2.36. The Morgan fingerprint density at radius 1 is 1.36 bits per heavy atom. The summed E-state index contributed by atoms with van der Waals surface area (Å²) < 4.78 is 0. The predicted octanol–water partition coefficient (Wildman–Crippen LogP) is 2.45. The van der Waals surface area contributed by atoms with E-state index in [2.05, 4.69) is 18.2 Å². The summed E-state index contributed by atoms with van der Waals surface area (Å²) in [6.07, 6.45) is 2.70. The van der Waals surface area contributed by atoms with Crippen molar-refractivity contribution in [2.24, 2.45) is 0 Å². The van der Waals surface area contributed by atoms with Crippen LogP contribution in [0.4, 0.5) is 5.69 Å². The maximum absolute atomic E-state index is 5.79. The lowest BCUT2D eigenvalue weighted by Crippen LogP contribution is -1.90. The number of hydrogen-bond acceptors (Lipinski definition) is 1. The molecular formula is C10H13N. The molecule has 1 aliphatic rings. The number of hydrogen-bond donors (Lipinski definition) is 1.